The summed E-state index contributed by atoms with van der Waals surface area (Å²) in [5.74, 6) is 1.56. The van der Waals surface area contributed by atoms with Gasteiger partial charge in [0.1, 0.15) is 5.76 Å². The molecule has 2 unspecified atom stereocenters. The molecule has 6 nitrogen and oxygen atoms in total. The molecule has 1 fully saturated rings. The molecule has 1 aliphatic carbocycles. The Morgan fingerprint density at radius 3 is 2.96 bits per heavy atom. The van der Waals surface area contributed by atoms with Crippen molar-refractivity contribution in [2.24, 2.45) is 5.92 Å². The van der Waals surface area contributed by atoms with E-state index in [0.717, 1.165) is 17.7 Å². The molecular weight excluding hydrogens is 316 g/mol. The third-order valence-corrected chi connectivity index (χ3v) is 4.21. The summed E-state index contributed by atoms with van der Waals surface area (Å²) >= 11 is 6.12. The smallest absolute Gasteiger partial charge is 0.249 e. The maximum atomic E-state index is 12.2. The summed E-state index contributed by atoms with van der Waals surface area (Å²) in [5.41, 5.74) is 0.738. The molecule has 2 aromatic heterocycles. The van der Waals surface area contributed by atoms with Crippen molar-refractivity contribution in [3.8, 4) is 11.4 Å². The van der Waals surface area contributed by atoms with Gasteiger partial charge in [0.2, 0.25) is 11.9 Å². The van der Waals surface area contributed by atoms with Gasteiger partial charge in [-0.15, -0.1) is 5.10 Å². The van der Waals surface area contributed by atoms with E-state index in [0.29, 0.717) is 10.8 Å². The molecule has 2 heterocycles. The Morgan fingerprint density at radius 2 is 2.17 bits per heavy atom. The predicted molar refractivity (Wildman–Crippen MR) is 85.0 cm³/mol. The van der Waals surface area contributed by atoms with Crippen LogP contribution >= 0.6 is 11.6 Å². The number of carbonyl (C=O) groups excluding carboxylic acids is 1. The average Bonchev–Trinajstić information content (AvgIpc) is 2.97. The van der Waals surface area contributed by atoms with Crippen LogP contribution in [-0.4, -0.2) is 21.1 Å². The van der Waals surface area contributed by atoms with Crippen molar-refractivity contribution in [1.29, 1.82) is 0 Å². The second-order valence-electron chi connectivity index (χ2n) is 5.44. The van der Waals surface area contributed by atoms with Crippen LogP contribution in [0.3, 0.4) is 0 Å². The normalized spacial score (nSPS) is 19.5. The first-order valence-corrected chi connectivity index (χ1v) is 7.62. The molecule has 23 heavy (non-hydrogen) atoms. The van der Waals surface area contributed by atoms with Gasteiger partial charge in [-0.3, -0.25) is 15.2 Å². The molecule has 1 aliphatic rings. The topological polar surface area (TPSA) is 83.8 Å². The Bertz CT molecular complexity index is 843. The zero-order valence-corrected chi connectivity index (χ0v) is 12.7. The Balaban J connectivity index is 1.44. The summed E-state index contributed by atoms with van der Waals surface area (Å²) < 4.78 is 5.33. The lowest BCUT2D eigenvalue weighted by Crippen LogP contribution is -2.15. The van der Waals surface area contributed by atoms with Crippen LogP contribution in [-0.2, 0) is 4.79 Å². The molecule has 2 atom stereocenters. The summed E-state index contributed by atoms with van der Waals surface area (Å²) in [6.45, 7) is 0. The number of halogens is 1. The lowest BCUT2D eigenvalue weighted by Gasteiger charge is -1.99. The third kappa shape index (κ3) is 2.73. The second-order valence-corrected chi connectivity index (χ2v) is 5.85. The highest BCUT2D eigenvalue weighted by Gasteiger charge is 2.46. The van der Waals surface area contributed by atoms with Gasteiger partial charge >= 0.3 is 0 Å². The fourth-order valence-corrected chi connectivity index (χ4v) is 2.82. The van der Waals surface area contributed by atoms with Gasteiger partial charge in [-0.1, -0.05) is 23.7 Å². The molecule has 1 aromatic carbocycles. The standard InChI is InChI=1S/C16H13ClN4O2/c17-12-5-2-1-4-9(12)14-18-16(21-20-14)19-15(22)11-8-10(11)13-6-3-7-23-13/h1-7,10-11H,8H2,(H2,18,19,20,21,22). The molecule has 3 aromatic rings. The van der Waals surface area contributed by atoms with Crippen molar-refractivity contribution in [1.82, 2.24) is 15.2 Å². The SMILES string of the molecule is O=C(Nc1n[nH]c(-c2ccccc2Cl)n1)C1CC1c1ccco1. The quantitative estimate of drug-likeness (QED) is 0.768. The number of rotatable bonds is 4. The van der Waals surface area contributed by atoms with Gasteiger partial charge in [0.15, 0.2) is 5.82 Å². The summed E-state index contributed by atoms with van der Waals surface area (Å²) in [4.78, 5) is 16.5. The van der Waals surface area contributed by atoms with Crippen LogP contribution in [0, 0.1) is 5.92 Å². The van der Waals surface area contributed by atoms with E-state index in [9.17, 15) is 4.79 Å². The monoisotopic (exact) mass is 328 g/mol. The molecule has 0 bridgehead atoms. The Hall–Kier alpha value is -2.60. The van der Waals surface area contributed by atoms with Crippen molar-refractivity contribution in [2.45, 2.75) is 12.3 Å². The number of benzene rings is 1. The number of carbonyl (C=O) groups is 1. The van der Waals surface area contributed by atoms with Gasteiger partial charge in [0.05, 0.1) is 11.3 Å². The van der Waals surface area contributed by atoms with Crippen LogP contribution in [0.15, 0.2) is 47.1 Å². The van der Waals surface area contributed by atoms with Crippen LogP contribution < -0.4 is 5.32 Å². The predicted octanol–water partition coefficient (Wildman–Crippen LogP) is 3.46. The number of hydrogen-bond acceptors (Lipinski definition) is 4. The van der Waals surface area contributed by atoms with E-state index in [1.807, 2.05) is 30.3 Å². The largest absolute Gasteiger partial charge is 0.469 e. The molecule has 4 rings (SSSR count). The van der Waals surface area contributed by atoms with E-state index in [1.165, 1.54) is 0 Å². The van der Waals surface area contributed by atoms with Crippen LogP contribution in [0.25, 0.3) is 11.4 Å². The minimum atomic E-state index is -0.101. The first-order chi connectivity index (χ1) is 11.2. The lowest BCUT2D eigenvalue weighted by atomic mass is 10.2. The van der Waals surface area contributed by atoms with E-state index in [-0.39, 0.29) is 23.7 Å². The van der Waals surface area contributed by atoms with E-state index in [2.05, 4.69) is 20.5 Å². The van der Waals surface area contributed by atoms with Gasteiger partial charge in [0, 0.05) is 17.4 Å². The first kappa shape index (κ1) is 14.0. The summed E-state index contributed by atoms with van der Waals surface area (Å²) in [7, 11) is 0. The number of aromatic nitrogens is 3. The number of aromatic amines is 1. The molecule has 2 N–H and O–H groups in total. The molecule has 0 radical (unpaired) electrons. The van der Waals surface area contributed by atoms with Crippen molar-refractivity contribution in [3.63, 3.8) is 0 Å². The summed E-state index contributed by atoms with van der Waals surface area (Å²) in [6.07, 6.45) is 2.40. The lowest BCUT2D eigenvalue weighted by molar-refractivity contribution is -0.117. The molecule has 7 heteroatoms. The van der Waals surface area contributed by atoms with Gasteiger partial charge in [-0.05, 0) is 30.7 Å². The molecule has 116 valence electrons. The van der Waals surface area contributed by atoms with Gasteiger partial charge < -0.3 is 4.42 Å². The number of furan rings is 1. The highest BCUT2D eigenvalue weighted by Crippen LogP contribution is 2.48. The Morgan fingerprint density at radius 1 is 1.30 bits per heavy atom. The van der Waals surface area contributed by atoms with Gasteiger partial charge in [0.25, 0.3) is 0 Å². The zero-order chi connectivity index (χ0) is 15.8. The van der Waals surface area contributed by atoms with Gasteiger partial charge in [-0.25, -0.2) is 0 Å². The number of amides is 1. The Labute approximate surface area is 136 Å². The van der Waals surface area contributed by atoms with Crippen LogP contribution in [0.1, 0.15) is 18.1 Å². The number of anilines is 1. The van der Waals surface area contributed by atoms with E-state index in [4.69, 9.17) is 16.0 Å². The summed E-state index contributed by atoms with van der Waals surface area (Å²) in [6, 6.07) is 11.0. The van der Waals surface area contributed by atoms with Crippen molar-refractivity contribution in [3.05, 3.63) is 53.4 Å². The van der Waals surface area contributed by atoms with Crippen molar-refractivity contribution in [2.75, 3.05) is 5.32 Å². The van der Waals surface area contributed by atoms with Crippen molar-refractivity contribution < 1.29 is 9.21 Å². The average molecular weight is 329 g/mol. The third-order valence-electron chi connectivity index (χ3n) is 3.89. The van der Waals surface area contributed by atoms with Crippen molar-refractivity contribution >= 4 is 23.5 Å². The molecule has 0 aliphatic heterocycles. The Kier molecular flexibility index (Phi) is 3.38. The summed E-state index contributed by atoms with van der Waals surface area (Å²) in [5, 5.41) is 10.1. The first-order valence-electron chi connectivity index (χ1n) is 7.24. The molecular formula is C16H13ClN4O2. The maximum Gasteiger partial charge on any atom is 0.249 e. The molecule has 1 amide bonds. The van der Waals surface area contributed by atoms with E-state index < -0.39 is 0 Å². The fourth-order valence-electron chi connectivity index (χ4n) is 2.60. The van der Waals surface area contributed by atoms with Gasteiger partial charge in [-0.2, -0.15) is 4.98 Å². The molecule has 0 saturated heterocycles. The molecule has 0 spiro atoms. The minimum absolute atomic E-state index is 0.0941. The van der Waals surface area contributed by atoms with Crippen LogP contribution in [0.5, 0.6) is 0 Å². The minimum Gasteiger partial charge on any atom is -0.469 e. The maximum absolute atomic E-state index is 12.2. The van der Waals surface area contributed by atoms with Crippen LogP contribution in [0.4, 0.5) is 5.95 Å². The number of nitrogens with zero attached hydrogens (tertiary/aromatic N) is 2. The molecule has 1 saturated carbocycles. The number of hydrogen-bond donors (Lipinski definition) is 2. The second kappa shape index (κ2) is 5.55. The fraction of sp³-hybridized carbons (Fsp3) is 0.188. The van der Waals surface area contributed by atoms with E-state index in [1.54, 1.807) is 12.3 Å². The number of nitrogens with one attached hydrogen (secondary N) is 2. The van der Waals surface area contributed by atoms with E-state index >= 15 is 0 Å². The number of H-pyrrole nitrogens is 1. The highest BCUT2D eigenvalue weighted by molar-refractivity contribution is 6.33. The van der Waals surface area contributed by atoms with Crippen LogP contribution in [0.2, 0.25) is 5.02 Å². The zero-order valence-electron chi connectivity index (χ0n) is 12.0. The highest BCUT2D eigenvalue weighted by atomic mass is 35.5.